The molecule has 0 saturated carbocycles. The molecule has 35 heavy (non-hydrogen) atoms. The summed E-state index contributed by atoms with van der Waals surface area (Å²) in [6.45, 7) is 2.93. The van der Waals surface area contributed by atoms with Crippen LogP contribution in [0.1, 0.15) is 52.7 Å². The first kappa shape index (κ1) is 24.9. The van der Waals surface area contributed by atoms with E-state index >= 15 is 0 Å². The van der Waals surface area contributed by atoms with Gasteiger partial charge in [0.05, 0.1) is 12.3 Å². The van der Waals surface area contributed by atoms with Gasteiger partial charge in [-0.15, -0.1) is 0 Å². The fraction of sp³-hybridized carbons (Fsp3) is 0.464. The zero-order valence-electron chi connectivity index (χ0n) is 20.2. The molecule has 4 rings (SSSR count). The van der Waals surface area contributed by atoms with Crippen molar-refractivity contribution in [2.75, 3.05) is 26.2 Å². The number of carbonyl (C=O) groups is 3. The van der Waals surface area contributed by atoms with Gasteiger partial charge >= 0.3 is 5.97 Å². The number of hydrogen-bond donors (Lipinski definition) is 3. The number of carboxylic acids is 1. The summed E-state index contributed by atoms with van der Waals surface area (Å²) in [5.41, 5.74) is 4.41. The van der Waals surface area contributed by atoms with E-state index < -0.39 is 11.9 Å². The number of amides is 2. The summed E-state index contributed by atoms with van der Waals surface area (Å²) in [5, 5.41) is 15.6. The number of nitrogens with zero attached hydrogens (tertiary/aromatic N) is 1. The molecule has 2 amide bonds. The molecule has 2 aromatic carbocycles. The van der Waals surface area contributed by atoms with Gasteiger partial charge in [-0.1, -0.05) is 36.4 Å². The summed E-state index contributed by atoms with van der Waals surface area (Å²) in [6.07, 6.45) is 4.59. The number of likely N-dealkylation sites (tertiary alicyclic amines) is 1. The standard InChI is InChI=1S/C28H35N3O4/c32-26(33)19-24-18-25(31(28(24)35)16-4-7-20-5-2-1-3-6-20)12-15-30-27(34)23-9-8-21-10-13-29-14-11-22(21)17-23/h1-3,5-6,8-9,17,24-25,29H,4,7,10-16,18-19H2,(H,30,34)(H,32,33)/t24-,25+/m0/s1. The molecule has 7 heteroatoms. The first-order valence-electron chi connectivity index (χ1n) is 12.7. The summed E-state index contributed by atoms with van der Waals surface area (Å²) in [7, 11) is 0. The van der Waals surface area contributed by atoms with Crippen LogP contribution in [0.25, 0.3) is 0 Å². The Morgan fingerprint density at radius 2 is 1.83 bits per heavy atom. The van der Waals surface area contributed by atoms with Gasteiger partial charge in [-0.25, -0.2) is 0 Å². The maximum atomic E-state index is 12.9. The molecule has 0 aromatic heterocycles. The summed E-state index contributed by atoms with van der Waals surface area (Å²) in [4.78, 5) is 38.8. The predicted octanol–water partition coefficient (Wildman–Crippen LogP) is 2.82. The topological polar surface area (TPSA) is 98.7 Å². The van der Waals surface area contributed by atoms with Crippen LogP contribution in [0, 0.1) is 5.92 Å². The number of aliphatic carboxylic acids is 1. The molecule has 186 valence electrons. The number of aryl methyl sites for hydroxylation is 1. The Kier molecular flexibility index (Phi) is 8.53. The average Bonchev–Trinajstić information content (AvgIpc) is 3.01. The fourth-order valence-electron chi connectivity index (χ4n) is 5.29. The van der Waals surface area contributed by atoms with Crippen molar-refractivity contribution in [3.05, 3.63) is 70.8 Å². The van der Waals surface area contributed by atoms with E-state index in [1.165, 1.54) is 16.7 Å². The van der Waals surface area contributed by atoms with Crippen LogP contribution in [-0.4, -0.2) is 60.0 Å². The van der Waals surface area contributed by atoms with Gasteiger partial charge in [0.1, 0.15) is 0 Å². The Bertz CT molecular complexity index is 1040. The van der Waals surface area contributed by atoms with Crippen LogP contribution in [-0.2, 0) is 28.9 Å². The van der Waals surface area contributed by atoms with Crippen molar-refractivity contribution >= 4 is 17.8 Å². The molecule has 0 unspecified atom stereocenters. The monoisotopic (exact) mass is 477 g/mol. The summed E-state index contributed by atoms with van der Waals surface area (Å²) in [5.74, 6) is -1.61. The van der Waals surface area contributed by atoms with Crippen molar-refractivity contribution in [1.82, 2.24) is 15.5 Å². The van der Waals surface area contributed by atoms with Crippen LogP contribution < -0.4 is 10.6 Å². The van der Waals surface area contributed by atoms with Crippen LogP contribution in [0.5, 0.6) is 0 Å². The molecule has 1 fully saturated rings. The molecule has 2 aliphatic heterocycles. The predicted molar refractivity (Wildman–Crippen MR) is 134 cm³/mol. The normalized spacial score (nSPS) is 19.8. The van der Waals surface area contributed by atoms with E-state index in [9.17, 15) is 19.5 Å². The second-order valence-corrected chi connectivity index (χ2v) is 9.58. The van der Waals surface area contributed by atoms with Gasteiger partial charge in [0.25, 0.3) is 5.91 Å². The van der Waals surface area contributed by atoms with Gasteiger partial charge in [-0.3, -0.25) is 14.4 Å². The average molecular weight is 478 g/mol. The number of hydrogen-bond acceptors (Lipinski definition) is 4. The number of carboxylic acid groups (broad SMARTS) is 1. The van der Waals surface area contributed by atoms with E-state index in [2.05, 4.69) is 28.8 Å². The molecule has 2 atom stereocenters. The lowest BCUT2D eigenvalue weighted by molar-refractivity contribution is -0.142. The maximum Gasteiger partial charge on any atom is 0.304 e. The molecule has 0 bridgehead atoms. The van der Waals surface area contributed by atoms with Crippen LogP contribution >= 0.6 is 0 Å². The Balaban J connectivity index is 1.32. The van der Waals surface area contributed by atoms with E-state index in [1.807, 2.05) is 35.2 Å². The van der Waals surface area contributed by atoms with E-state index in [-0.39, 0.29) is 24.3 Å². The highest BCUT2D eigenvalue weighted by Gasteiger charge is 2.39. The van der Waals surface area contributed by atoms with Gasteiger partial charge in [-0.05, 0) is 80.4 Å². The third-order valence-corrected chi connectivity index (χ3v) is 7.13. The van der Waals surface area contributed by atoms with E-state index in [0.29, 0.717) is 31.5 Å². The van der Waals surface area contributed by atoms with Crippen LogP contribution in [0.4, 0.5) is 0 Å². The van der Waals surface area contributed by atoms with Crippen molar-refractivity contribution in [2.45, 2.75) is 51.0 Å². The second kappa shape index (κ2) is 12.0. The van der Waals surface area contributed by atoms with Crippen LogP contribution in [0.2, 0.25) is 0 Å². The maximum absolute atomic E-state index is 12.9. The second-order valence-electron chi connectivity index (χ2n) is 9.58. The van der Waals surface area contributed by atoms with Crippen molar-refractivity contribution < 1.29 is 19.5 Å². The quantitative estimate of drug-likeness (QED) is 0.489. The molecule has 0 aliphatic carbocycles. The summed E-state index contributed by atoms with van der Waals surface area (Å²) in [6, 6.07) is 16.0. The van der Waals surface area contributed by atoms with Crippen molar-refractivity contribution in [2.24, 2.45) is 5.92 Å². The lowest BCUT2D eigenvalue weighted by Crippen LogP contribution is -2.37. The van der Waals surface area contributed by atoms with E-state index in [4.69, 9.17) is 0 Å². The van der Waals surface area contributed by atoms with Gasteiger partial charge in [0.15, 0.2) is 0 Å². The van der Waals surface area contributed by atoms with Crippen LogP contribution in [0.3, 0.4) is 0 Å². The smallest absolute Gasteiger partial charge is 0.304 e. The Labute approximate surface area is 206 Å². The minimum absolute atomic E-state index is 0.0546. The number of benzene rings is 2. The third-order valence-electron chi connectivity index (χ3n) is 7.13. The first-order valence-corrected chi connectivity index (χ1v) is 12.7. The largest absolute Gasteiger partial charge is 0.481 e. The third kappa shape index (κ3) is 6.69. The Morgan fingerprint density at radius 3 is 2.60 bits per heavy atom. The van der Waals surface area contributed by atoms with Gasteiger partial charge in [0.2, 0.25) is 5.91 Å². The molecule has 2 aromatic rings. The molecule has 2 aliphatic rings. The highest BCUT2D eigenvalue weighted by molar-refractivity contribution is 5.94. The molecule has 3 N–H and O–H groups in total. The zero-order chi connectivity index (χ0) is 24.6. The SMILES string of the molecule is O=C(O)C[C@@H]1C[C@@H](CCNC(=O)c2ccc3c(c2)CCNCC3)N(CCCc2ccccc2)C1=O. The lowest BCUT2D eigenvalue weighted by Gasteiger charge is -2.25. The summed E-state index contributed by atoms with van der Waals surface area (Å²) < 4.78 is 0. The molecule has 0 radical (unpaired) electrons. The molecular formula is C28H35N3O4. The molecule has 2 heterocycles. The summed E-state index contributed by atoms with van der Waals surface area (Å²) >= 11 is 0. The Hall–Kier alpha value is -3.19. The van der Waals surface area contributed by atoms with E-state index in [1.54, 1.807) is 0 Å². The first-order chi connectivity index (χ1) is 17.0. The van der Waals surface area contributed by atoms with Gasteiger partial charge in [0, 0.05) is 24.7 Å². The van der Waals surface area contributed by atoms with Gasteiger partial charge < -0.3 is 20.6 Å². The zero-order valence-corrected chi connectivity index (χ0v) is 20.2. The van der Waals surface area contributed by atoms with Crippen molar-refractivity contribution in [3.63, 3.8) is 0 Å². The Morgan fingerprint density at radius 1 is 1.06 bits per heavy atom. The fourth-order valence-corrected chi connectivity index (χ4v) is 5.29. The molecular weight excluding hydrogens is 442 g/mol. The lowest BCUT2D eigenvalue weighted by atomic mass is 9.99. The van der Waals surface area contributed by atoms with Crippen molar-refractivity contribution in [1.29, 1.82) is 0 Å². The number of fused-ring (bicyclic) bond motifs is 1. The van der Waals surface area contributed by atoms with Crippen molar-refractivity contribution in [3.8, 4) is 0 Å². The highest BCUT2D eigenvalue weighted by atomic mass is 16.4. The minimum Gasteiger partial charge on any atom is -0.481 e. The highest BCUT2D eigenvalue weighted by Crippen LogP contribution is 2.29. The number of rotatable bonds is 10. The molecule has 0 spiro atoms. The molecule has 7 nitrogen and oxygen atoms in total. The molecule has 1 saturated heterocycles. The number of nitrogens with one attached hydrogen (secondary N) is 2. The van der Waals surface area contributed by atoms with Gasteiger partial charge in [-0.2, -0.15) is 0 Å². The van der Waals surface area contributed by atoms with Crippen LogP contribution in [0.15, 0.2) is 48.5 Å². The minimum atomic E-state index is -0.944. The number of carbonyl (C=O) groups excluding carboxylic acids is 2. The van der Waals surface area contributed by atoms with E-state index in [0.717, 1.165) is 38.8 Å².